The van der Waals surface area contributed by atoms with E-state index in [9.17, 15) is 26.4 Å². The molecule has 1 fully saturated rings. The normalized spacial score (nSPS) is 15.1. The quantitative estimate of drug-likeness (QED) is 0.414. The highest BCUT2D eigenvalue weighted by Gasteiger charge is 2.38. The smallest absolute Gasteiger partial charge is 0.475 e. The molecule has 0 spiro atoms. The van der Waals surface area contributed by atoms with Crippen LogP contribution in [0.4, 0.5) is 13.2 Å². The van der Waals surface area contributed by atoms with Crippen molar-refractivity contribution in [3.63, 3.8) is 0 Å². The van der Waals surface area contributed by atoms with Gasteiger partial charge in [0.15, 0.2) is 0 Å². The summed E-state index contributed by atoms with van der Waals surface area (Å²) in [6.07, 6.45) is -3.19. The lowest BCUT2D eigenvalue weighted by Gasteiger charge is -2.17. The Morgan fingerprint density at radius 2 is 1.88 bits per heavy atom. The van der Waals surface area contributed by atoms with Gasteiger partial charge in [0.25, 0.3) is 0 Å². The first-order chi connectivity index (χ1) is 18.8. The van der Waals surface area contributed by atoms with Gasteiger partial charge in [0.2, 0.25) is 21.8 Å². The third kappa shape index (κ3) is 8.15. The van der Waals surface area contributed by atoms with Crippen molar-refractivity contribution in [2.24, 2.45) is 0 Å². The Morgan fingerprint density at radius 1 is 1.20 bits per heavy atom. The Balaban J connectivity index is 0.000000559. The number of carbonyl (C=O) groups excluding carboxylic acids is 1. The summed E-state index contributed by atoms with van der Waals surface area (Å²) >= 11 is 6.02. The zero-order valence-electron chi connectivity index (χ0n) is 20.3. The lowest BCUT2D eigenvalue weighted by molar-refractivity contribution is -0.192. The van der Waals surface area contributed by atoms with Crippen molar-refractivity contribution in [1.82, 2.24) is 14.6 Å². The highest BCUT2D eigenvalue weighted by molar-refractivity contribution is 7.89. The number of nitrogens with one attached hydrogen (secondary N) is 1. The van der Waals surface area contributed by atoms with Crippen molar-refractivity contribution in [3.8, 4) is 17.7 Å². The number of nitriles is 1. The molecule has 2 heterocycles. The van der Waals surface area contributed by atoms with Crippen molar-refractivity contribution in [2.75, 3.05) is 6.54 Å². The van der Waals surface area contributed by atoms with E-state index in [-0.39, 0.29) is 16.7 Å². The summed E-state index contributed by atoms with van der Waals surface area (Å²) in [5.74, 6) is -2.47. The van der Waals surface area contributed by atoms with Crippen molar-refractivity contribution in [1.29, 1.82) is 5.26 Å². The number of aliphatic carboxylic acids is 1. The number of pyridine rings is 1. The van der Waals surface area contributed by atoms with Gasteiger partial charge in [0, 0.05) is 19.3 Å². The van der Waals surface area contributed by atoms with Gasteiger partial charge in [0.05, 0.1) is 16.5 Å². The Hall–Kier alpha value is -4.19. The number of hydrogen-bond donors (Lipinski definition) is 2. The number of sulfonamides is 1. The van der Waals surface area contributed by atoms with E-state index in [1.165, 1.54) is 30.5 Å². The second-order valence-electron chi connectivity index (χ2n) is 8.20. The number of carboxylic acids is 1. The molecule has 0 aliphatic carbocycles. The standard InChI is InChI=1S/C23H19ClN4O4S.C2HF3O2/c24-20-5-2-11-26-22(20)32-18-6-8-19(9-7-18)33(30,31)27-21-10-12-28(23(21)29)15-17-4-1-3-16(13-17)14-25;3-2(4,5)1(6)7/h1-9,11,13,21,27H,10,12,15H2;(H,6,7)/t21-;/m0./s1. The molecule has 0 unspecified atom stereocenters. The minimum Gasteiger partial charge on any atom is -0.475 e. The number of benzene rings is 2. The van der Waals surface area contributed by atoms with Crippen LogP contribution < -0.4 is 9.46 Å². The number of ether oxygens (including phenoxy) is 1. The first-order valence-electron chi connectivity index (χ1n) is 11.3. The fourth-order valence-electron chi connectivity index (χ4n) is 3.47. The molecular weight excluding hydrogens is 577 g/mol. The number of amides is 1. The first kappa shape index (κ1) is 30.4. The molecule has 1 aliphatic heterocycles. The third-order valence-electron chi connectivity index (χ3n) is 5.34. The van der Waals surface area contributed by atoms with E-state index in [1.807, 2.05) is 6.07 Å². The number of hydrogen-bond acceptors (Lipinski definition) is 7. The molecule has 2 N–H and O–H groups in total. The predicted octanol–water partition coefficient (Wildman–Crippen LogP) is 4.11. The Kier molecular flexibility index (Phi) is 9.69. The maximum absolute atomic E-state index is 12.8. The van der Waals surface area contributed by atoms with E-state index in [0.29, 0.717) is 35.8 Å². The van der Waals surface area contributed by atoms with Crippen LogP contribution in [0.3, 0.4) is 0 Å². The maximum atomic E-state index is 12.8. The summed E-state index contributed by atoms with van der Waals surface area (Å²) in [5, 5.41) is 16.5. The molecule has 1 atom stereocenters. The average molecular weight is 597 g/mol. The van der Waals surface area contributed by atoms with Crippen LogP contribution in [0.2, 0.25) is 5.02 Å². The van der Waals surface area contributed by atoms with E-state index in [2.05, 4.69) is 15.8 Å². The highest BCUT2D eigenvalue weighted by atomic mass is 35.5. The predicted molar refractivity (Wildman–Crippen MR) is 135 cm³/mol. The lowest BCUT2D eigenvalue weighted by atomic mass is 10.1. The lowest BCUT2D eigenvalue weighted by Crippen LogP contribution is -2.41. The van der Waals surface area contributed by atoms with Crippen molar-refractivity contribution < 1.29 is 41.0 Å². The van der Waals surface area contributed by atoms with Gasteiger partial charge >= 0.3 is 12.1 Å². The summed E-state index contributed by atoms with van der Waals surface area (Å²) in [7, 11) is -3.92. The number of aromatic nitrogens is 1. The number of carbonyl (C=O) groups is 2. The number of rotatable bonds is 7. The number of halogens is 4. The summed E-state index contributed by atoms with van der Waals surface area (Å²) in [6, 6.07) is 17.3. The fourth-order valence-corrected chi connectivity index (χ4v) is 4.85. The largest absolute Gasteiger partial charge is 0.490 e. The second-order valence-corrected chi connectivity index (χ2v) is 10.3. The van der Waals surface area contributed by atoms with Crippen molar-refractivity contribution in [2.45, 2.75) is 30.1 Å². The van der Waals surface area contributed by atoms with Gasteiger partial charge < -0.3 is 14.7 Å². The molecule has 0 radical (unpaired) electrons. The summed E-state index contributed by atoms with van der Waals surface area (Å²) < 4.78 is 65.4. The summed E-state index contributed by atoms with van der Waals surface area (Å²) in [6.45, 7) is 0.731. The van der Waals surface area contributed by atoms with Gasteiger partial charge in [-0.25, -0.2) is 18.2 Å². The zero-order chi connectivity index (χ0) is 29.5. The molecule has 15 heteroatoms. The van der Waals surface area contributed by atoms with Gasteiger partial charge in [-0.1, -0.05) is 23.7 Å². The van der Waals surface area contributed by atoms with Crippen LogP contribution in [0.15, 0.2) is 71.8 Å². The molecule has 2 aromatic carbocycles. The highest BCUT2D eigenvalue weighted by Crippen LogP contribution is 2.27. The number of likely N-dealkylation sites (tertiary alicyclic amines) is 1. The molecule has 210 valence electrons. The van der Waals surface area contributed by atoms with Crippen LogP contribution in [0, 0.1) is 11.3 Å². The molecule has 0 saturated carbocycles. The van der Waals surface area contributed by atoms with Gasteiger partial charge in [-0.3, -0.25) is 4.79 Å². The fraction of sp³-hybridized carbons (Fsp3) is 0.200. The second kappa shape index (κ2) is 12.8. The van der Waals surface area contributed by atoms with Gasteiger partial charge in [-0.2, -0.15) is 23.2 Å². The minimum absolute atomic E-state index is 0.00920. The van der Waals surface area contributed by atoms with Crippen LogP contribution in [0.25, 0.3) is 0 Å². The molecule has 0 bridgehead atoms. The van der Waals surface area contributed by atoms with Crippen LogP contribution >= 0.6 is 11.6 Å². The maximum Gasteiger partial charge on any atom is 0.490 e. The van der Waals surface area contributed by atoms with E-state index < -0.39 is 28.2 Å². The molecule has 1 aromatic heterocycles. The summed E-state index contributed by atoms with van der Waals surface area (Å²) in [4.78, 5) is 27.3. The van der Waals surface area contributed by atoms with E-state index in [1.54, 1.807) is 35.2 Å². The van der Waals surface area contributed by atoms with E-state index in [0.717, 1.165) is 5.56 Å². The number of carboxylic acid groups (broad SMARTS) is 1. The number of nitrogens with zero attached hydrogens (tertiary/aromatic N) is 3. The third-order valence-corrected chi connectivity index (χ3v) is 7.12. The van der Waals surface area contributed by atoms with Crippen molar-refractivity contribution in [3.05, 3.63) is 83.0 Å². The molecule has 1 amide bonds. The topological polar surface area (TPSA) is 150 Å². The molecule has 40 heavy (non-hydrogen) atoms. The van der Waals surface area contributed by atoms with E-state index >= 15 is 0 Å². The molecule has 10 nitrogen and oxygen atoms in total. The minimum atomic E-state index is -5.08. The summed E-state index contributed by atoms with van der Waals surface area (Å²) in [5.41, 5.74) is 1.32. The first-order valence-corrected chi connectivity index (χ1v) is 13.1. The van der Waals surface area contributed by atoms with Crippen LogP contribution in [-0.4, -0.2) is 54.0 Å². The number of alkyl halides is 3. The Labute approximate surface area is 231 Å². The Morgan fingerprint density at radius 3 is 2.48 bits per heavy atom. The van der Waals surface area contributed by atoms with Crippen LogP contribution in [0.1, 0.15) is 17.5 Å². The van der Waals surface area contributed by atoms with Gasteiger partial charge in [-0.05, 0) is 60.5 Å². The van der Waals surface area contributed by atoms with Gasteiger partial charge in [0.1, 0.15) is 16.8 Å². The van der Waals surface area contributed by atoms with Crippen LogP contribution in [-0.2, 0) is 26.2 Å². The molecule has 1 aliphatic rings. The monoisotopic (exact) mass is 596 g/mol. The van der Waals surface area contributed by atoms with E-state index in [4.69, 9.17) is 31.5 Å². The SMILES string of the molecule is N#Cc1cccc(CN2CC[C@H](NS(=O)(=O)c3ccc(Oc4ncccc4Cl)cc3)C2=O)c1.O=C(O)C(F)(F)F. The molecule has 1 saturated heterocycles. The van der Waals surface area contributed by atoms with Crippen LogP contribution in [0.5, 0.6) is 11.6 Å². The van der Waals surface area contributed by atoms with Gasteiger partial charge in [-0.15, -0.1) is 0 Å². The average Bonchev–Trinajstić information content (AvgIpc) is 3.23. The van der Waals surface area contributed by atoms with Crippen molar-refractivity contribution >= 4 is 33.5 Å². The Bertz CT molecular complexity index is 1530. The molecular formula is C25H20ClF3N4O6S. The molecule has 3 aromatic rings. The zero-order valence-corrected chi connectivity index (χ0v) is 21.9. The molecule has 4 rings (SSSR count).